The zero-order chi connectivity index (χ0) is 26.1. The minimum atomic E-state index is -0.176. The van der Waals surface area contributed by atoms with Gasteiger partial charge in [0, 0.05) is 44.0 Å². The Kier molecular flexibility index (Phi) is 7.42. The van der Waals surface area contributed by atoms with E-state index >= 15 is 0 Å². The summed E-state index contributed by atoms with van der Waals surface area (Å²) in [7, 11) is 1.86. The Bertz CT molecular complexity index is 1580. The fourth-order valence-corrected chi connectivity index (χ4v) is 5.90. The van der Waals surface area contributed by atoms with Gasteiger partial charge in [0.05, 0.1) is 27.1 Å². The van der Waals surface area contributed by atoms with Gasteiger partial charge in [-0.3, -0.25) is 14.3 Å². The van der Waals surface area contributed by atoms with Gasteiger partial charge >= 0.3 is 0 Å². The number of hydrogen-bond donors (Lipinski definition) is 0. The molecule has 10 heteroatoms. The molecule has 2 aromatic carbocycles. The summed E-state index contributed by atoms with van der Waals surface area (Å²) in [5.74, 6) is 0.214. The lowest BCUT2D eigenvalue weighted by molar-refractivity contribution is -0.127. The molecule has 0 atom stereocenters. The summed E-state index contributed by atoms with van der Waals surface area (Å²) in [6.45, 7) is 4.04. The summed E-state index contributed by atoms with van der Waals surface area (Å²) in [5, 5.41) is 2.99. The van der Waals surface area contributed by atoms with E-state index in [2.05, 4.69) is 4.57 Å². The molecule has 3 heterocycles. The van der Waals surface area contributed by atoms with Gasteiger partial charge in [0.15, 0.2) is 10.5 Å². The predicted octanol–water partition coefficient (Wildman–Crippen LogP) is 5.57. The molecule has 0 saturated carbocycles. The molecule has 2 aromatic heterocycles. The summed E-state index contributed by atoms with van der Waals surface area (Å²) in [6.07, 6.45) is 2.31. The molecule has 0 bridgehead atoms. The first-order valence-electron chi connectivity index (χ1n) is 12.2. The Morgan fingerprint density at radius 2 is 1.81 bits per heavy atom. The van der Waals surface area contributed by atoms with Crippen LogP contribution in [0.1, 0.15) is 25.0 Å². The van der Waals surface area contributed by atoms with Crippen LogP contribution < -0.4 is 10.4 Å². The van der Waals surface area contributed by atoms with Gasteiger partial charge in [-0.1, -0.05) is 47.5 Å². The number of nitrogens with zero attached hydrogens (tertiary/aromatic N) is 5. The van der Waals surface area contributed by atoms with E-state index in [-0.39, 0.29) is 11.5 Å². The Balaban J connectivity index is 1.58. The Hall–Kier alpha value is -3.07. The highest BCUT2D eigenvalue weighted by molar-refractivity contribution is 7.07. The van der Waals surface area contributed by atoms with Crippen molar-refractivity contribution >= 4 is 46.1 Å². The number of thiazole rings is 1. The maximum atomic E-state index is 13.5. The first-order valence-corrected chi connectivity index (χ1v) is 13.8. The second-order valence-electron chi connectivity index (χ2n) is 9.04. The molecular weight excluding hydrogens is 529 g/mol. The molecule has 1 aliphatic heterocycles. The van der Waals surface area contributed by atoms with Gasteiger partial charge < -0.3 is 9.47 Å². The van der Waals surface area contributed by atoms with E-state index in [1.54, 1.807) is 10.7 Å². The quantitative estimate of drug-likeness (QED) is 0.299. The van der Waals surface area contributed by atoms with Crippen LogP contribution in [0.5, 0.6) is 0 Å². The van der Waals surface area contributed by atoms with Crippen molar-refractivity contribution in [1.82, 2.24) is 18.8 Å². The lowest BCUT2D eigenvalue weighted by atomic mass is 10.1. The van der Waals surface area contributed by atoms with Crippen LogP contribution >= 0.6 is 34.5 Å². The highest BCUT2D eigenvalue weighted by Gasteiger charge is 2.20. The third-order valence-electron chi connectivity index (χ3n) is 6.73. The van der Waals surface area contributed by atoms with E-state index in [1.807, 2.05) is 71.4 Å². The number of hydrogen-bond acceptors (Lipinski definition) is 4. The minimum absolute atomic E-state index is 0.176. The molecule has 0 N–H and O–H groups in total. The van der Waals surface area contributed by atoms with Gasteiger partial charge in [-0.2, -0.15) is 0 Å². The summed E-state index contributed by atoms with van der Waals surface area (Å²) in [5.41, 5.74) is 3.63. The van der Waals surface area contributed by atoms with Crippen molar-refractivity contribution < 1.29 is 4.79 Å². The van der Waals surface area contributed by atoms with Crippen molar-refractivity contribution in [3.8, 4) is 16.9 Å². The van der Waals surface area contributed by atoms with Crippen molar-refractivity contribution in [2.75, 3.05) is 13.1 Å². The minimum Gasteiger partial charge on any atom is -0.343 e. The molecule has 0 spiro atoms. The van der Waals surface area contributed by atoms with Crippen LogP contribution in [0.4, 0.5) is 5.69 Å². The standard InChI is InChI=1S/C27H27Cl2N5O2S/c1-18-25(26(36)34(31(18)2)20-8-4-3-5-9-20)30-27-33(15-7-14-32-13-6-10-24(32)35)23(17-37-27)19-11-12-21(28)22(29)16-19/h3-5,8-9,11-12,16-17H,6-7,10,13-15H2,1-2H3. The average Bonchev–Trinajstić information content (AvgIpc) is 3.55. The molecular formula is C27H27Cl2N5O2S. The zero-order valence-electron chi connectivity index (χ0n) is 20.7. The molecule has 1 saturated heterocycles. The van der Waals surface area contributed by atoms with Gasteiger partial charge in [-0.15, -0.1) is 11.3 Å². The molecule has 7 nitrogen and oxygen atoms in total. The van der Waals surface area contributed by atoms with Gasteiger partial charge in [-0.25, -0.2) is 9.67 Å². The molecule has 5 rings (SSSR count). The first kappa shape index (κ1) is 25.6. The topological polar surface area (TPSA) is 64.5 Å². The predicted molar refractivity (Wildman–Crippen MR) is 149 cm³/mol. The van der Waals surface area contributed by atoms with Crippen molar-refractivity contribution in [3.05, 3.63) is 84.8 Å². The molecule has 1 amide bonds. The Labute approximate surface area is 228 Å². The third kappa shape index (κ3) is 5.06. The van der Waals surface area contributed by atoms with Crippen molar-refractivity contribution in [1.29, 1.82) is 0 Å². The number of amides is 1. The maximum Gasteiger partial charge on any atom is 0.297 e. The summed E-state index contributed by atoms with van der Waals surface area (Å²) in [4.78, 5) is 33.1. The smallest absolute Gasteiger partial charge is 0.297 e. The molecule has 0 unspecified atom stereocenters. The highest BCUT2D eigenvalue weighted by atomic mass is 35.5. The number of halogens is 2. The van der Waals surface area contributed by atoms with Crippen LogP contribution in [-0.4, -0.2) is 37.8 Å². The largest absolute Gasteiger partial charge is 0.343 e. The van der Waals surface area contributed by atoms with Crippen molar-refractivity contribution in [2.24, 2.45) is 12.0 Å². The zero-order valence-corrected chi connectivity index (χ0v) is 23.0. The van der Waals surface area contributed by atoms with Crippen molar-refractivity contribution in [3.63, 3.8) is 0 Å². The first-order chi connectivity index (χ1) is 17.8. The molecule has 0 aliphatic carbocycles. The summed E-state index contributed by atoms with van der Waals surface area (Å²) >= 11 is 14.0. The Morgan fingerprint density at radius 3 is 2.51 bits per heavy atom. The number of rotatable bonds is 7. The van der Waals surface area contributed by atoms with Crippen LogP contribution in [0.3, 0.4) is 0 Å². The maximum absolute atomic E-state index is 13.5. The summed E-state index contributed by atoms with van der Waals surface area (Å²) in [6, 6.07) is 15.1. The number of likely N-dealkylation sites (tertiary alicyclic amines) is 1. The van der Waals surface area contributed by atoms with E-state index in [4.69, 9.17) is 28.2 Å². The van der Waals surface area contributed by atoms with Crippen LogP contribution in [0.25, 0.3) is 16.9 Å². The Morgan fingerprint density at radius 1 is 1.03 bits per heavy atom. The van der Waals surface area contributed by atoms with Crippen LogP contribution in [0.15, 0.2) is 63.7 Å². The SMILES string of the molecule is Cc1c(N=c2scc(-c3ccc(Cl)c(Cl)c3)n2CCCN2CCCC2=O)c(=O)n(-c2ccccc2)n1C. The number of carbonyl (C=O) groups excluding carboxylic acids is 1. The second-order valence-corrected chi connectivity index (χ2v) is 10.7. The monoisotopic (exact) mass is 555 g/mol. The van der Waals surface area contributed by atoms with E-state index in [9.17, 15) is 9.59 Å². The van der Waals surface area contributed by atoms with Gasteiger partial charge in [-0.05, 0) is 44.0 Å². The normalized spacial score (nSPS) is 14.2. The van der Waals surface area contributed by atoms with Crippen molar-refractivity contribution in [2.45, 2.75) is 32.7 Å². The van der Waals surface area contributed by atoms with Gasteiger partial charge in [0.2, 0.25) is 5.91 Å². The van der Waals surface area contributed by atoms with E-state index in [0.29, 0.717) is 40.0 Å². The van der Waals surface area contributed by atoms with E-state index < -0.39 is 0 Å². The number of para-hydroxylation sites is 1. The lowest BCUT2D eigenvalue weighted by Gasteiger charge is -2.16. The van der Waals surface area contributed by atoms with Gasteiger partial charge in [0.25, 0.3) is 5.56 Å². The third-order valence-corrected chi connectivity index (χ3v) is 8.33. The average molecular weight is 557 g/mol. The highest BCUT2D eigenvalue weighted by Crippen LogP contribution is 2.29. The van der Waals surface area contributed by atoms with Crippen LogP contribution in [0, 0.1) is 6.92 Å². The molecule has 1 fully saturated rings. The molecule has 192 valence electrons. The lowest BCUT2D eigenvalue weighted by Crippen LogP contribution is -2.27. The number of carbonyl (C=O) groups is 1. The molecule has 37 heavy (non-hydrogen) atoms. The van der Waals surface area contributed by atoms with Crippen LogP contribution in [-0.2, 0) is 18.4 Å². The fraction of sp³-hybridized carbons (Fsp3) is 0.296. The van der Waals surface area contributed by atoms with Gasteiger partial charge in [0.1, 0.15) is 0 Å². The van der Waals surface area contributed by atoms with E-state index in [1.165, 1.54) is 11.3 Å². The number of benzene rings is 2. The second kappa shape index (κ2) is 10.7. The molecule has 1 aliphatic rings. The molecule has 4 aromatic rings. The fourth-order valence-electron chi connectivity index (χ4n) is 4.66. The van der Waals surface area contributed by atoms with Crippen LogP contribution in [0.2, 0.25) is 10.0 Å². The molecule has 0 radical (unpaired) electrons. The summed E-state index contributed by atoms with van der Waals surface area (Å²) < 4.78 is 5.56. The van der Waals surface area contributed by atoms with E-state index in [0.717, 1.165) is 42.0 Å². The number of aromatic nitrogens is 3.